The Morgan fingerprint density at radius 2 is 1.65 bits per heavy atom. The van der Waals surface area contributed by atoms with Crippen LogP contribution in [0.1, 0.15) is 16.7 Å². The van der Waals surface area contributed by atoms with Gasteiger partial charge in [0.15, 0.2) is 0 Å². The molecule has 1 fully saturated rings. The van der Waals surface area contributed by atoms with Gasteiger partial charge in [0.1, 0.15) is 5.75 Å². The Morgan fingerprint density at radius 1 is 0.935 bits per heavy atom. The molecule has 3 aromatic rings. The van der Waals surface area contributed by atoms with Crippen LogP contribution in [0, 0.1) is 6.92 Å². The third-order valence-corrected chi connectivity index (χ3v) is 5.58. The summed E-state index contributed by atoms with van der Waals surface area (Å²) >= 11 is 0.857. The molecule has 1 N–H and O–H groups in total. The van der Waals surface area contributed by atoms with Gasteiger partial charge < -0.3 is 5.11 Å². The van der Waals surface area contributed by atoms with E-state index in [1.54, 1.807) is 12.1 Å². The van der Waals surface area contributed by atoms with E-state index >= 15 is 0 Å². The third kappa shape index (κ3) is 4.90. The van der Waals surface area contributed by atoms with Gasteiger partial charge in [-0.1, -0.05) is 48.0 Å². The van der Waals surface area contributed by atoms with Crippen molar-refractivity contribution < 1.29 is 14.7 Å². The van der Waals surface area contributed by atoms with Crippen LogP contribution < -0.4 is 0 Å². The molecule has 3 aromatic carbocycles. The average molecular weight is 430 g/mol. The second-order valence-corrected chi connectivity index (χ2v) is 8.03. The molecule has 1 heterocycles. The van der Waals surface area contributed by atoms with Crippen LogP contribution in [0.15, 0.2) is 87.9 Å². The van der Waals surface area contributed by atoms with Crippen LogP contribution in [-0.4, -0.2) is 21.2 Å². The van der Waals surface area contributed by atoms with Gasteiger partial charge in [-0.3, -0.25) is 14.5 Å². The molecule has 0 aliphatic carbocycles. The van der Waals surface area contributed by atoms with Crippen molar-refractivity contribution in [2.75, 3.05) is 0 Å². The minimum absolute atomic E-state index is 0.0102. The highest BCUT2D eigenvalue weighted by Crippen LogP contribution is 2.35. The standard InChI is InChI=1S/C24H19N3O3S/c1-16-7-9-17(10-8-16)15-27-23(29)22(31-24(27)30)14-18-13-20(11-12-21(18)28)26-25-19-5-3-2-4-6-19/h2-14,28H,15H2,1H3/b22-14-,26-25?. The molecule has 0 aromatic heterocycles. The number of benzene rings is 3. The molecular formula is C24H19N3O3S. The Bertz CT molecular complexity index is 1190. The van der Waals surface area contributed by atoms with Gasteiger partial charge in [0.2, 0.25) is 0 Å². The fourth-order valence-corrected chi connectivity index (χ4v) is 3.81. The fourth-order valence-electron chi connectivity index (χ4n) is 2.98. The lowest BCUT2D eigenvalue weighted by molar-refractivity contribution is -0.123. The highest BCUT2D eigenvalue weighted by Gasteiger charge is 2.35. The number of hydrogen-bond donors (Lipinski definition) is 1. The number of amides is 2. The third-order valence-electron chi connectivity index (χ3n) is 4.67. The monoisotopic (exact) mass is 429 g/mol. The van der Waals surface area contributed by atoms with Crippen LogP contribution >= 0.6 is 11.8 Å². The largest absolute Gasteiger partial charge is 0.507 e. The lowest BCUT2D eigenvalue weighted by Gasteiger charge is -2.12. The fraction of sp³-hybridized carbons (Fsp3) is 0.0833. The van der Waals surface area contributed by atoms with Crippen molar-refractivity contribution in [2.45, 2.75) is 13.5 Å². The van der Waals surface area contributed by atoms with Crippen molar-refractivity contribution >= 4 is 40.4 Å². The normalized spacial score (nSPS) is 15.4. The van der Waals surface area contributed by atoms with E-state index in [1.165, 1.54) is 17.0 Å². The van der Waals surface area contributed by atoms with E-state index in [-0.39, 0.29) is 28.3 Å². The molecule has 0 atom stereocenters. The molecule has 7 heteroatoms. The molecule has 0 spiro atoms. The Labute approximate surface area is 183 Å². The first-order valence-corrected chi connectivity index (χ1v) is 10.4. The maximum atomic E-state index is 12.8. The zero-order valence-corrected chi connectivity index (χ0v) is 17.5. The second-order valence-electron chi connectivity index (χ2n) is 7.03. The minimum Gasteiger partial charge on any atom is -0.507 e. The van der Waals surface area contributed by atoms with E-state index in [1.807, 2.05) is 61.5 Å². The number of aromatic hydroxyl groups is 1. The minimum atomic E-state index is -0.383. The highest BCUT2D eigenvalue weighted by molar-refractivity contribution is 8.18. The molecule has 154 valence electrons. The van der Waals surface area contributed by atoms with Crippen LogP contribution in [0.3, 0.4) is 0 Å². The summed E-state index contributed by atoms with van der Waals surface area (Å²) in [4.78, 5) is 26.6. The summed E-state index contributed by atoms with van der Waals surface area (Å²) in [5.41, 5.74) is 3.60. The van der Waals surface area contributed by atoms with Gasteiger partial charge in [-0.05, 0) is 60.7 Å². The van der Waals surface area contributed by atoms with E-state index in [2.05, 4.69) is 10.2 Å². The summed E-state index contributed by atoms with van der Waals surface area (Å²) in [5, 5.41) is 18.2. The van der Waals surface area contributed by atoms with Gasteiger partial charge in [-0.15, -0.1) is 0 Å². The first-order chi connectivity index (χ1) is 15.0. The zero-order valence-electron chi connectivity index (χ0n) is 16.7. The summed E-state index contributed by atoms with van der Waals surface area (Å²) in [7, 11) is 0. The van der Waals surface area contributed by atoms with Crippen molar-refractivity contribution in [2.24, 2.45) is 10.2 Å². The number of carbonyl (C=O) groups excluding carboxylic acids is 2. The van der Waals surface area contributed by atoms with Crippen LogP contribution in [0.4, 0.5) is 16.2 Å². The molecular weight excluding hydrogens is 410 g/mol. The maximum absolute atomic E-state index is 12.8. The summed E-state index contributed by atoms with van der Waals surface area (Å²) in [5.74, 6) is -0.393. The first kappa shape index (κ1) is 20.6. The van der Waals surface area contributed by atoms with E-state index in [9.17, 15) is 14.7 Å². The molecule has 0 saturated carbocycles. The molecule has 0 unspecified atom stereocenters. The smallest absolute Gasteiger partial charge is 0.293 e. The van der Waals surface area contributed by atoms with Crippen molar-refractivity contribution in [3.63, 3.8) is 0 Å². The van der Waals surface area contributed by atoms with Gasteiger partial charge in [-0.25, -0.2) is 0 Å². The first-order valence-electron chi connectivity index (χ1n) is 9.60. The molecule has 1 aliphatic rings. The molecule has 1 aliphatic heterocycles. The van der Waals surface area contributed by atoms with E-state index in [4.69, 9.17) is 0 Å². The molecule has 0 radical (unpaired) electrons. The summed E-state index contributed by atoms with van der Waals surface area (Å²) in [6.45, 7) is 2.19. The Balaban J connectivity index is 1.55. The number of phenolic OH excluding ortho intramolecular Hbond substituents is 1. The van der Waals surface area contributed by atoms with Crippen molar-refractivity contribution in [3.05, 3.63) is 94.4 Å². The van der Waals surface area contributed by atoms with E-state index in [0.717, 1.165) is 22.9 Å². The number of azo groups is 1. The predicted molar refractivity (Wildman–Crippen MR) is 121 cm³/mol. The Hall–Kier alpha value is -3.71. The molecule has 0 bridgehead atoms. The van der Waals surface area contributed by atoms with Gasteiger partial charge in [0.05, 0.1) is 22.8 Å². The Morgan fingerprint density at radius 3 is 2.39 bits per heavy atom. The van der Waals surface area contributed by atoms with Crippen LogP contribution in [-0.2, 0) is 11.3 Å². The van der Waals surface area contributed by atoms with Crippen LogP contribution in [0.25, 0.3) is 6.08 Å². The average Bonchev–Trinajstić information content (AvgIpc) is 3.04. The predicted octanol–water partition coefficient (Wildman–Crippen LogP) is 6.35. The quantitative estimate of drug-likeness (QED) is 0.378. The SMILES string of the molecule is Cc1ccc(CN2C(=O)S/C(=C\c3cc(N=Nc4ccccc4)ccc3O)C2=O)cc1. The molecule has 4 rings (SSSR count). The molecule has 2 amide bonds. The summed E-state index contributed by atoms with van der Waals surface area (Å²) in [6, 6.07) is 21.7. The summed E-state index contributed by atoms with van der Waals surface area (Å²) < 4.78 is 0. The lowest BCUT2D eigenvalue weighted by Crippen LogP contribution is -2.27. The molecule has 6 nitrogen and oxygen atoms in total. The number of rotatable bonds is 5. The number of thioether (sulfide) groups is 1. The van der Waals surface area contributed by atoms with Crippen LogP contribution in [0.2, 0.25) is 0 Å². The number of aryl methyl sites for hydroxylation is 1. The van der Waals surface area contributed by atoms with Gasteiger partial charge in [-0.2, -0.15) is 10.2 Å². The van der Waals surface area contributed by atoms with Crippen LogP contribution in [0.5, 0.6) is 5.75 Å². The number of imide groups is 1. The summed E-state index contributed by atoms with van der Waals surface area (Å²) in [6.07, 6.45) is 1.51. The van der Waals surface area contributed by atoms with Crippen molar-refractivity contribution in [1.82, 2.24) is 4.90 Å². The number of nitrogens with zero attached hydrogens (tertiary/aromatic N) is 3. The van der Waals surface area contributed by atoms with Crippen molar-refractivity contribution in [1.29, 1.82) is 0 Å². The maximum Gasteiger partial charge on any atom is 0.293 e. The van der Waals surface area contributed by atoms with Gasteiger partial charge in [0, 0.05) is 5.56 Å². The van der Waals surface area contributed by atoms with Gasteiger partial charge >= 0.3 is 0 Å². The molecule has 1 saturated heterocycles. The molecule has 31 heavy (non-hydrogen) atoms. The van der Waals surface area contributed by atoms with Gasteiger partial charge in [0.25, 0.3) is 11.1 Å². The number of hydrogen-bond acceptors (Lipinski definition) is 6. The van der Waals surface area contributed by atoms with E-state index < -0.39 is 0 Å². The Kier molecular flexibility index (Phi) is 5.95. The lowest BCUT2D eigenvalue weighted by atomic mass is 10.1. The highest BCUT2D eigenvalue weighted by atomic mass is 32.2. The van der Waals surface area contributed by atoms with Crippen molar-refractivity contribution in [3.8, 4) is 5.75 Å². The zero-order chi connectivity index (χ0) is 21.8. The number of phenols is 1. The second kappa shape index (κ2) is 8.97. The number of carbonyl (C=O) groups is 2. The topological polar surface area (TPSA) is 82.3 Å². The van der Waals surface area contributed by atoms with E-state index in [0.29, 0.717) is 16.9 Å².